The third-order valence-corrected chi connectivity index (χ3v) is 2.80. The average Bonchev–Trinajstić information content (AvgIpc) is 2.43. The lowest BCUT2D eigenvalue weighted by Gasteiger charge is -2.15. The van der Waals surface area contributed by atoms with Gasteiger partial charge in [0.15, 0.2) is 0 Å². The van der Waals surface area contributed by atoms with Crippen LogP contribution in [0, 0.1) is 0 Å². The zero-order chi connectivity index (χ0) is 15.9. The number of carbonyl (C=O) groups is 1. The van der Waals surface area contributed by atoms with Gasteiger partial charge in [-0.3, -0.25) is 4.79 Å². The van der Waals surface area contributed by atoms with Gasteiger partial charge in [-0.25, -0.2) is 0 Å². The molecule has 0 saturated carbocycles. The van der Waals surface area contributed by atoms with Crippen molar-refractivity contribution in [3.05, 3.63) is 29.3 Å². The Labute approximate surface area is 121 Å². The summed E-state index contributed by atoms with van der Waals surface area (Å²) in [4.78, 5) is 11.7. The van der Waals surface area contributed by atoms with E-state index in [9.17, 15) is 18.0 Å². The molecule has 0 fully saturated rings. The molecule has 0 aliphatic heterocycles. The maximum Gasteiger partial charge on any atom is 0.418 e. The molecule has 0 aliphatic carbocycles. The summed E-state index contributed by atoms with van der Waals surface area (Å²) in [5, 5.41) is 2.29. The SMILES string of the molecule is CCOCCCC(=O)Nc1ccc(CN)cc1C(F)(F)F. The number of benzene rings is 1. The number of hydrogen-bond donors (Lipinski definition) is 2. The minimum atomic E-state index is -4.54. The molecule has 0 radical (unpaired) electrons. The van der Waals surface area contributed by atoms with E-state index in [0.717, 1.165) is 6.07 Å². The Morgan fingerprint density at radius 1 is 1.38 bits per heavy atom. The lowest BCUT2D eigenvalue weighted by Crippen LogP contribution is -2.17. The molecule has 0 atom stereocenters. The highest BCUT2D eigenvalue weighted by Crippen LogP contribution is 2.35. The quantitative estimate of drug-likeness (QED) is 0.761. The summed E-state index contributed by atoms with van der Waals surface area (Å²) < 4.78 is 43.9. The van der Waals surface area contributed by atoms with Crippen molar-refractivity contribution < 1.29 is 22.7 Å². The van der Waals surface area contributed by atoms with Gasteiger partial charge < -0.3 is 15.8 Å². The van der Waals surface area contributed by atoms with Crippen molar-refractivity contribution >= 4 is 11.6 Å². The molecule has 1 aromatic carbocycles. The number of alkyl halides is 3. The minimum Gasteiger partial charge on any atom is -0.382 e. The maximum absolute atomic E-state index is 13.0. The first-order valence-corrected chi connectivity index (χ1v) is 6.66. The Morgan fingerprint density at radius 3 is 2.67 bits per heavy atom. The minimum absolute atomic E-state index is 0.00562. The molecule has 0 unspecified atom stereocenters. The smallest absolute Gasteiger partial charge is 0.382 e. The average molecular weight is 304 g/mol. The van der Waals surface area contributed by atoms with Crippen molar-refractivity contribution in [3.8, 4) is 0 Å². The van der Waals surface area contributed by atoms with Crippen LogP contribution in [0.5, 0.6) is 0 Å². The van der Waals surface area contributed by atoms with Crippen LogP contribution in [0.1, 0.15) is 30.9 Å². The van der Waals surface area contributed by atoms with Crippen molar-refractivity contribution in [1.29, 1.82) is 0 Å². The number of halogens is 3. The van der Waals surface area contributed by atoms with E-state index in [-0.39, 0.29) is 18.7 Å². The highest BCUT2D eigenvalue weighted by atomic mass is 19.4. The van der Waals surface area contributed by atoms with Gasteiger partial charge >= 0.3 is 6.18 Å². The molecule has 3 N–H and O–H groups in total. The molecular weight excluding hydrogens is 285 g/mol. The molecule has 0 aliphatic rings. The second kappa shape index (κ2) is 7.99. The van der Waals surface area contributed by atoms with Gasteiger partial charge in [0, 0.05) is 26.2 Å². The fraction of sp³-hybridized carbons (Fsp3) is 0.500. The molecule has 7 heteroatoms. The van der Waals surface area contributed by atoms with E-state index < -0.39 is 17.6 Å². The first-order chi connectivity index (χ1) is 9.88. The summed E-state index contributed by atoms with van der Waals surface area (Å²) in [6.07, 6.45) is -3.98. The summed E-state index contributed by atoms with van der Waals surface area (Å²) in [5.74, 6) is -0.472. The van der Waals surface area contributed by atoms with E-state index in [1.807, 2.05) is 6.92 Å². The third kappa shape index (κ3) is 5.73. The second-order valence-corrected chi connectivity index (χ2v) is 4.43. The topological polar surface area (TPSA) is 64.3 Å². The molecule has 1 rings (SSSR count). The molecule has 0 saturated heterocycles. The van der Waals surface area contributed by atoms with E-state index in [2.05, 4.69) is 5.32 Å². The summed E-state index contributed by atoms with van der Waals surface area (Å²) in [7, 11) is 0. The second-order valence-electron chi connectivity index (χ2n) is 4.43. The number of rotatable bonds is 7. The highest BCUT2D eigenvalue weighted by molar-refractivity contribution is 5.91. The molecule has 118 valence electrons. The van der Waals surface area contributed by atoms with Crippen LogP contribution in [-0.2, 0) is 22.3 Å². The van der Waals surface area contributed by atoms with Gasteiger partial charge in [-0.2, -0.15) is 13.2 Å². The molecular formula is C14H19F3N2O2. The van der Waals surface area contributed by atoms with Gasteiger partial charge in [-0.1, -0.05) is 6.07 Å². The van der Waals surface area contributed by atoms with Crippen LogP contribution in [0.4, 0.5) is 18.9 Å². The number of carbonyl (C=O) groups excluding carboxylic acids is 1. The first kappa shape index (κ1) is 17.5. The number of nitrogens with two attached hydrogens (primary N) is 1. The van der Waals surface area contributed by atoms with Crippen LogP contribution in [0.25, 0.3) is 0 Å². The summed E-state index contributed by atoms with van der Waals surface area (Å²) in [5.41, 5.74) is 4.56. The molecule has 21 heavy (non-hydrogen) atoms. The molecule has 0 spiro atoms. The van der Waals surface area contributed by atoms with Gasteiger partial charge in [0.2, 0.25) is 5.91 Å². The lowest BCUT2D eigenvalue weighted by molar-refractivity contribution is -0.137. The zero-order valence-electron chi connectivity index (χ0n) is 11.8. The Hall–Kier alpha value is -1.60. The van der Waals surface area contributed by atoms with Crippen LogP contribution in [0.3, 0.4) is 0 Å². The Bertz CT molecular complexity index is 476. The number of hydrogen-bond acceptors (Lipinski definition) is 3. The highest BCUT2D eigenvalue weighted by Gasteiger charge is 2.34. The predicted octanol–water partition coefficient (Wildman–Crippen LogP) is 2.92. The normalized spacial score (nSPS) is 11.5. The van der Waals surface area contributed by atoms with E-state index in [0.29, 0.717) is 25.2 Å². The lowest BCUT2D eigenvalue weighted by atomic mass is 10.1. The third-order valence-electron chi connectivity index (χ3n) is 2.80. The van der Waals surface area contributed by atoms with E-state index in [4.69, 9.17) is 10.5 Å². The van der Waals surface area contributed by atoms with Crippen molar-refractivity contribution in [2.24, 2.45) is 5.73 Å². The monoisotopic (exact) mass is 304 g/mol. The standard InChI is InChI=1S/C14H19F3N2O2/c1-2-21-7-3-4-13(20)19-12-6-5-10(9-18)8-11(12)14(15,16)17/h5-6,8H,2-4,7,9,18H2,1H3,(H,19,20). The Morgan fingerprint density at radius 2 is 2.10 bits per heavy atom. The molecule has 0 aromatic heterocycles. The van der Waals surface area contributed by atoms with E-state index >= 15 is 0 Å². The van der Waals surface area contributed by atoms with Crippen molar-refractivity contribution in [3.63, 3.8) is 0 Å². The first-order valence-electron chi connectivity index (χ1n) is 6.66. The van der Waals surface area contributed by atoms with Crippen LogP contribution in [0.2, 0.25) is 0 Å². The zero-order valence-corrected chi connectivity index (χ0v) is 11.8. The molecule has 4 nitrogen and oxygen atoms in total. The van der Waals surface area contributed by atoms with Gasteiger partial charge in [0.05, 0.1) is 11.3 Å². The van der Waals surface area contributed by atoms with E-state index in [1.165, 1.54) is 12.1 Å². The van der Waals surface area contributed by atoms with Gasteiger partial charge in [0.25, 0.3) is 0 Å². The van der Waals surface area contributed by atoms with Crippen molar-refractivity contribution in [2.45, 2.75) is 32.5 Å². The molecule has 1 aromatic rings. The maximum atomic E-state index is 13.0. The predicted molar refractivity (Wildman–Crippen MR) is 73.7 cm³/mol. The van der Waals surface area contributed by atoms with Crippen LogP contribution in [-0.4, -0.2) is 19.1 Å². The number of nitrogens with one attached hydrogen (secondary N) is 1. The fourth-order valence-corrected chi connectivity index (χ4v) is 1.75. The van der Waals surface area contributed by atoms with Crippen LogP contribution < -0.4 is 11.1 Å². The number of anilines is 1. The van der Waals surface area contributed by atoms with Crippen LogP contribution >= 0.6 is 0 Å². The molecule has 0 bridgehead atoms. The van der Waals surface area contributed by atoms with Crippen molar-refractivity contribution in [2.75, 3.05) is 18.5 Å². The molecule has 0 heterocycles. The number of ether oxygens (including phenoxy) is 1. The summed E-state index contributed by atoms with van der Waals surface area (Å²) in [6, 6.07) is 3.65. The molecule has 1 amide bonds. The summed E-state index contributed by atoms with van der Waals surface area (Å²) >= 11 is 0. The summed E-state index contributed by atoms with van der Waals surface area (Å²) in [6.45, 7) is 2.78. The van der Waals surface area contributed by atoms with Gasteiger partial charge in [-0.15, -0.1) is 0 Å². The van der Waals surface area contributed by atoms with Crippen LogP contribution in [0.15, 0.2) is 18.2 Å². The largest absolute Gasteiger partial charge is 0.418 e. The Balaban J connectivity index is 2.76. The number of amides is 1. The van der Waals surface area contributed by atoms with Gasteiger partial charge in [0.1, 0.15) is 0 Å². The van der Waals surface area contributed by atoms with E-state index in [1.54, 1.807) is 0 Å². The van der Waals surface area contributed by atoms with Gasteiger partial charge in [-0.05, 0) is 31.0 Å². The van der Waals surface area contributed by atoms with Crippen molar-refractivity contribution in [1.82, 2.24) is 0 Å². The Kier molecular flexibility index (Phi) is 6.64. The fourth-order valence-electron chi connectivity index (χ4n) is 1.75.